The van der Waals surface area contributed by atoms with Gasteiger partial charge in [-0.05, 0) is 36.1 Å². The number of hydrogen-bond donors (Lipinski definition) is 2. The van der Waals surface area contributed by atoms with Gasteiger partial charge in [-0.1, -0.05) is 35.9 Å². The summed E-state index contributed by atoms with van der Waals surface area (Å²) in [6.07, 6.45) is 3.54. The second-order valence-corrected chi connectivity index (χ2v) is 5.63. The lowest BCUT2D eigenvalue weighted by atomic mass is 9.97. The summed E-state index contributed by atoms with van der Waals surface area (Å²) in [5.41, 5.74) is 8.67. The maximum atomic E-state index is 12.6. The first-order valence-electron chi connectivity index (χ1n) is 7.58. The highest BCUT2D eigenvalue weighted by Gasteiger charge is 2.19. The number of nitrogens with two attached hydrogens (primary N) is 1. The van der Waals surface area contributed by atoms with E-state index < -0.39 is 0 Å². The van der Waals surface area contributed by atoms with Crippen LogP contribution in [0, 0.1) is 6.92 Å². The summed E-state index contributed by atoms with van der Waals surface area (Å²) in [4.78, 5) is 16.6. The highest BCUT2D eigenvalue weighted by Crippen LogP contribution is 2.21. The summed E-state index contributed by atoms with van der Waals surface area (Å²) in [5.74, 6) is -0.450. The molecule has 0 aliphatic carbocycles. The van der Waals surface area contributed by atoms with Crippen LogP contribution >= 0.6 is 0 Å². The molecule has 2 aromatic carbocycles. The van der Waals surface area contributed by atoms with E-state index in [0.717, 1.165) is 27.6 Å². The van der Waals surface area contributed by atoms with Crippen LogP contribution in [0.5, 0.6) is 0 Å². The average Bonchev–Trinajstić information content (AvgIpc) is 2.57. The number of benzene rings is 2. The third-order valence-corrected chi connectivity index (χ3v) is 3.94. The molecule has 1 amide bonds. The van der Waals surface area contributed by atoms with E-state index in [2.05, 4.69) is 10.3 Å². The quantitative estimate of drug-likeness (QED) is 0.777. The van der Waals surface area contributed by atoms with E-state index in [1.807, 2.05) is 55.5 Å². The number of nitrogens with one attached hydrogen (secondary N) is 1. The second-order valence-electron chi connectivity index (χ2n) is 5.63. The summed E-state index contributed by atoms with van der Waals surface area (Å²) < 4.78 is 0. The highest BCUT2D eigenvalue weighted by atomic mass is 16.1. The van der Waals surface area contributed by atoms with Crippen LogP contribution in [0.4, 0.5) is 5.69 Å². The Bertz CT molecular complexity index is 827. The SMILES string of the molecule is Cc1ccc([C@@H](CN)C(=O)Nc2ccc3cnccc3c2)cc1. The minimum atomic E-state index is -0.358. The Morgan fingerprint density at radius 1 is 1.13 bits per heavy atom. The van der Waals surface area contributed by atoms with E-state index >= 15 is 0 Å². The molecule has 0 fully saturated rings. The summed E-state index contributed by atoms with van der Waals surface area (Å²) in [6.45, 7) is 2.29. The molecule has 0 aliphatic heterocycles. The van der Waals surface area contributed by atoms with Gasteiger partial charge in [0.15, 0.2) is 0 Å². The van der Waals surface area contributed by atoms with Gasteiger partial charge in [0.1, 0.15) is 0 Å². The predicted molar refractivity (Wildman–Crippen MR) is 93.3 cm³/mol. The number of aromatic nitrogens is 1. The molecule has 4 nitrogen and oxygen atoms in total. The molecular weight excluding hydrogens is 286 g/mol. The number of anilines is 1. The molecule has 0 aliphatic rings. The van der Waals surface area contributed by atoms with Crippen molar-refractivity contribution in [1.29, 1.82) is 0 Å². The lowest BCUT2D eigenvalue weighted by molar-refractivity contribution is -0.117. The molecule has 1 atom stereocenters. The van der Waals surface area contributed by atoms with Crippen molar-refractivity contribution in [3.63, 3.8) is 0 Å². The highest BCUT2D eigenvalue weighted by molar-refractivity contribution is 5.98. The molecule has 23 heavy (non-hydrogen) atoms. The molecule has 0 bridgehead atoms. The Kier molecular flexibility index (Phi) is 4.35. The van der Waals surface area contributed by atoms with E-state index in [9.17, 15) is 4.79 Å². The van der Waals surface area contributed by atoms with Crippen LogP contribution < -0.4 is 11.1 Å². The van der Waals surface area contributed by atoms with Crippen LogP contribution in [0.15, 0.2) is 60.9 Å². The van der Waals surface area contributed by atoms with E-state index in [4.69, 9.17) is 5.73 Å². The van der Waals surface area contributed by atoms with E-state index in [0.29, 0.717) is 0 Å². The summed E-state index contributed by atoms with van der Waals surface area (Å²) in [7, 11) is 0. The largest absolute Gasteiger partial charge is 0.329 e. The van der Waals surface area contributed by atoms with Crippen molar-refractivity contribution in [3.8, 4) is 0 Å². The fraction of sp³-hybridized carbons (Fsp3) is 0.158. The Balaban J connectivity index is 1.81. The molecule has 116 valence electrons. The van der Waals surface area contributed by atoms with Gasteiger partial charge in [0.05, 0.1) is 5.92 Å². The maximum absolute atomic E-state index is 12.6. The molecule has 0 unspecified atom stereocenters. The fourth-order valence-electron chi connectivity index (χ4n) is 2.58. The number of fused-ring (bicyclic) bond motifs is 1. The van der Waals surface area contributed by atoms with Crippen molar-refractivity contribution in [2.24, 2.45) is 5.73 Å². The number of aryl methyl sites for hydroxylation is 1. The molecule has 0 saturated carbocycles. The number of nitrogens with zero attached hydrogens (tertiary/aromatic N) is 1. The standard InChI is InChI=1S/C19H19N3O/c1-13-2-4-14(5-3-13)18(11-20)19(23)22-17-7-6-16-12-21-9-8-15(16)10-17/h2-10,12,18H,11,20H2,1H3,(H,22,23)/t18-/m1/s1. The molecule has 0 radical (unpaired) electrons. The van der Waals surface area contributed by atoms with E-state index in [1.165, 1.54) is 0 Å². The van der Waals surface area contributed by atoms with Gasteiger partial charge in [-0.2, -0.15) is 0 Å². The van der Waals surface area contributed by atoms with Crippen LogP contribution in [-0.2, 0) is 4.79 Å². The lowest BCUT2D eigenvalue weighted by Gasteiger charge is -2.16. The summed E-state index contributed by atoms with van der Waals surface area (Å²) >= 11 is 0. The third kappa shape index (κ3) is 3.38. The number of pyridine rings is 1. The number of carbonyl (C=O) groups is 1. The zero-order valence-corrected chi connectivity index (χ0v) is 13.0. The van der Waals surface area contributed by atoms with Gasteiger partial charge in [0.2, 0.25) is 5.91 Å². The van der Waals surface area contributed by atoms with Crippen LogP contribution in [0.25, 0.3) is 10.8 Å². The zero-order chi connectivity index (χ0) is 16.2. The summed E-state index contributed by atoms with van der Waals surface area (Å²) in [5, 5.41) is 5.04. The van der Waals surface area contributed by atoms with E-state index in [1.54, 1.807) is 12.4 Å². The molecular formula is C19H19N3O. The average molecular weight is 305 g/mol. The van der Waals surface area contributed by atoms with Crippen LogP contribution in [-0.4, -0.2) is 17.4 Å². The van der Waals surface area contributed by atoms with Crippen molar-refractivity contribution >= 4 is 22.4 Å². The third-order valence-electron chi connectivity index (χ3n) is 3.94. The second kappa shape index (κ2) is 6.58. The Hall–Kier alpha value is -2.72. The summed E-state index contributed by atoms with van der Waals surface area (Å²) in [6, 6.07) is 15.6. The van der Waals surface area contributed by atoms with Gasteiger partial charge in [-0.15, -0.1) is 0 Å². The monoisotopic (exact) mass is 305 g/mol. The lowest BCUT2D eigenvalue weighted by Crippen LogP contribution is -2.27. The van der Waals surface area contributed by atoms with Gasteiger partial charge in [-0.25, -0.2) is 0 Å². The normalized spacial score (nSPS) is 12.1. The molecule has 3 rings (SSSR count). The Morgan fingerprint density at radius 2 is 1.91 bits per heavy atom. The molecule has 3 aromatic rings. The minimum Gasteiger partial charge on any atom is -0.329 e. The van der Waals surface area contributed by atoms with Gasteiger partial charge in [-0.3, -0.25) is 9.78 Å². The molecule has 4 heteroatoms. The zero-order valence-electron chi connectivity index (χ0n) is 13.0. The molecule has 0 spiro atoms. The van der Waals surface area contributed by atoms with Crippen molar-refractivity contribution in [1.82, 2.24) is 4.98 Å². The van der Waals surface area contributed by atoms with Crippen LogP contribution in [0.1, 0.15) is 17.0 Å². The predicted octanol–water partition coefficient (Wildman–Crippen LogP) is 3.22. The van der Waals surface area contributed by atoms with Gasteiger partial charge in [0.25, 0.3) is 0 Å². The fourth-order valence-corrected chi connectivity index (χ4v) is 2.58. The van der Waals surface area contributed by atoms with Gasteiger partial charge in [0, 0.05) is 30.0 Å². The van der Waals surface area contributed by atoms with Crippen molar-refractivity contribution < 1.29 is 4.79 Å². The molecule has 3 N–H and O–H groups in total. The number of amides is 1. The minimum absolute atomic E-state index is 0.0928. The first-order valence-corrected chi connectivity index (χ1v) is 7.58. The van der Waals surface area contributed by atoms with Gasteiger partial charge >= 0.3 is 0 Å². The van der Waals surface area contributed by atoms with Gasteiger partial charge < -0.3 is 11.1 Å². The Morgan fingerprint density at radius 3 is 2.65 bits per heavy atom. The van der Waals surface area contributed by atoms with Crippen molar-refractivity contribution in [2.75, 3.05) is 11.9 Å². The van der Waals surface area contributed by atoms with Crippen LogP contribution in [0.2, 0.25) is 0 Å². The maximum Gasteiger partial charge on any atom is 0.233 e. The van der Waals surface area contributed by atoms with Crippen molar-refractivity contribution in [3.05, 3.63) is 72.1 Å². The number of hydrogen-bond acceptors (Lipinski definition) is 3. The molecule has 1 aromatic heterocycles. The molecule has 0 saturated heterocycles. The number of carbonyl (C=O) groups excluding carboxylic acids is 1. The number of rotatable bonds is 4. The molecule has 1 heterocycles. The van der Waals surface area contributed by atoms with Crippen LogP contribution in [0.3, 0.4) is 0 Å². The smallest absolute Gasteiger partial charge is 0.233 e. The Labute approximate surface area is 135 Å². The topological polar surface area (TPSA) is 68.0 Å². The van der Waals surface area contributed by atoms with E-state index in [-0.39, 0.29) is 18.4 Å². The first-order chi connectivity index (χ1) is 11.2. The first kappa shape index (κ1) is 15.2. The van der Waals surface area contributed by atoms with Crippen molar-refractivity contribution in [2.45, 2.75) is 12.8 Å².